The van der Waals surface area contributed by atoms with Crippen LogP contribution in [0.5, 0.6) is 0 Å². The number of nitrogens with one attached hydrogen (secondary N) is 1. The van der Waals surface area contributed by atoms with Crippen LogP contribution in [-0.2, 0) is 10.0 Å². The van der Waals surface area contributed by atoms with E-state index in [1.807, 2.05) is 0 Å². The minimum Gasteiger partial charge on any atom is -0.229 e. The molecule has 0 radical (unpaired) electrons. The molecular weight excluding hydrogens is 265 g/mol. The van der Waals surface area contributed by atoms with Gasteiger partial charge in [-0.2, -0.15) is 4.72 Å². The van der Waals surface area contributed by atoms with Gasteiger partial charge in [0.15, 0.2) is 6.30 Å². The fourth-order valence-corrected chi connectivity index (χ4v) is 2.93. The molecule has 5 heteroatoms. The number of hydrogen-bond donors (Lipinski definition) is 1. The fraction of sp³-hybridized carbons (Fsp3) is 0.571. The summed E-state index contributed by atoms with van der Waals surface area (Å²) < 4.78 is 39.3. The number of halogens is 1. The highest BCUT2D eigenvalue weighted by Gasteiger charge is 2.18. The van der Waals surface area contributed by atoms with Crippen LogP contribution in [0, 0.1) is 0 Å². The highest BCUT2D eigenvalue weighted by molar-refractivity contribution is 7.89. The minimum atomic E-state index is -3.73. The quantitative estimate of drug-likeness (QED) is 0.557. The molecule has 1 aromatic rings. The van der Waals surface area contributed by atoms with Crippen LogP contribution in [0.2, 0.25) is 0 Å². The summed E-state index contributed by atoms with van der Waals surface area (Å²) in [5.41, 5.74) is 0. The van der Waals surface area contributed by atoms with E-state index in [9.17, 15) is 12.8 Å². The first-order chi connectivity index (χ1) is 9.06. The van der Waals surface area contributed by atoms with Crippen LogP contribution in [0.1, 0.15) is 45.4 Å². The van der Waals surface area contributed by atoms with Crippen molar-refractivity contribution in [3.8, 4) is 0 Å². The van der Waals surface area contributed by atoms with Gasteiger partial charge < -0.3 is 0 Å². The summed E-state index contributed by atoms with van der Waals surface area (Å²) >= 11 is 0. The maximum absolute atomic E-state index is 13.6. The molecule has 3 nitrogen and oxygen atoms in total. The van der Waals surface area contributed by atoms with Gasteiger partial charge in [-0.25, -0.2) is 12.8 Å². The lowest BCUT2D eigenvalue weighted by atomic mass is 10.1. The molecule has 1 rings (SSSR count). The van der Waals surface area contributed by atoms with Gasteiger partial charge in [0, 0.05) is 0 Å². The highest BCUT2D eigenvalue weighted by Crippen LogP contribution is 2.12. The van der Waals surface area contributed by atoms with Gasteiger partial charge >= 0.3 is 0 Å². The topological polar surface area (TPSA) is 46.2 Å². The first kappa shape index (κ1) is 16.1. The van der Waals surface area contributed by atoms with Crippen molar-refractivity contribution in [2.75, 3.05) is 0 Å². The van der Waals surface area contributed by atoms with Gasteiger partial charge in [0.1, 0.15) is 0 Å². The lowest BCUT2D eigenvalue weighted by molar-refractivity contribution is 0.287. The Morgan fingerprint density at radius 3 is 2.37 bits per heavy atom. The standard InChI is InChI=1S/C14H22FNO2S/c1-2-3-4-5-9-12-14(15)16-19(17,18)13-10-7-6-8-11-13/h6-8,10-11,14,16H,2-5,9,12H2,1H3. The molecule has 0 amide bonds. The molecular formula is C14H22FNO2S. The van der Waals surface area contributed by atoms with Crippen LogP contribution in [0.25, 0.3) is 0 Å². The van der Waals surface area contributed by atoms with E-state index in [0.717, 1.165) is 25.7 Å². The van der Waals surface area contributed by atoms with Gasteiger partial charge in [-0.3, -0.25) is 0 Å². The molecule has 1 N–H and O–H groups in total. The molecule has 0 spiro atoms. The Balaban J connectivity index is 2.37. The van der Waals surface area contributed by atoms with Gasteiger partial charge in [0.2, 0.25) is 10.0 Å². The van der Waals surface area contributed by atoms with E-state index in [1.165, 1.54) is 12.1 Å². The van der Waals surface area contributed by atoms with Crippen molar-refractivity contribution in [1.82, 2.24) is 4.72 Å². The Bertz CT molecular complexity index is 448. The second-order valence-corrected chi connectivity index (χ2v) is 6.32. The van der Waals surface area contributed by atoms with Crippen molar-refractivity contribution < 1.29 is 12.8 Å². The van der Waals surface area contributed by atoms with Crippen LogP contribution in [0.4, 0.5) is 4.39 Å². The van der Waals surface area contributed by atoms with E-state index >= 15 is 0 Å². The molecule has 19 heavy (non-hydrogen) atoms. The number of sulfonamides is 1. The smallest absolute Gasteiger partial charge is 0.229 e. The van der Waals surface area contributed by atoms with Gasteiger partial charge in [-0.15, -0.1) is 0 Å². The molecule has 0 saturated heterocycles. The summed E-state index contributed by atoms with van der Waals surface area (Å²) in [6, 6.07) is 7.87. The van der Waals surface area contributed by atoms with Crippen molar-refractivity contribution in [3.05, 3.63) is 30.3 Å². The molecule has 1 aromatic carbocycles. The Kier molecular flexibility index (Phi) is 7.02. The molecule has 0 aliphatic rings. The Labute approximate surface area is 115 Å². The largest absolute Gasteiger partial charge is 0.242 e. The van der Waals surface area contributed by atoms with Crippen LogP contribution in [0.3, 0.4) is 0 Å². The molecule has 108 valence electrons. The summed E-state index contributed by atoms with van der Waals surface area (Å²) in [5, 5.41) is 0. The lowest BCUT2D eigenvalue weighted by Crippen LogP contribution is -2.31. The van der Waals surface area contributed by atoms with E-state index in [4.69, 9.17) is 0 Å². The summed E-state index contributed by atoms with van der Waals surface area (Å²) in [4.78, 5) is 0.101. The van der Waals surface area contributed by atoms with Crippen molar-refractivity contribution in [3.63, 3.8) is 0 Å². The Hall–Kier alpha value is -0.940. The molecule has 0 aliphatic heterocycles. The first-order valence-corrected chi connectivity index (χ1v) is 8.26. The van der Waals surface area contributed by atoms with Crippen molar-refractivity contribution in [2.45, 2.75) is 56.6 Å². The summed E-state index contributed by atoms with van der Waals surface area (Å²) in [6.07, 6.45) is 3.74. The molecule has 0 bridgehead atoms. The van der Waals surface area contributed by atoms with Gasteiger partial charge in [0.25, 0.3) is 0 Å². The van der Waals surface area contributed by atoms with Crippen LogP contribution < -0.4 is 4.72 Å². The SMILES string of the molecule is CCCCCCCC(F)NS(=O)(=O)c1ccccc1. The third-order valence-electron chi connectivity index (χ3n) is 2.90. The van der Waals surface area contributed by atoms with E-state index in [2.05, 4.69) is 11.6 Å². The maximum atomic E-state index is 13.6. The predicted molar refractivity (Wildman–Crippen MR) is 75.0 cm³/mol. The van der Waals surface area contributed by atoms with Crippen molar-refractivity contribution in [2.24, 2.45) is 0 Å². The first-order valence-electron chi connectivity index (χ1n) is 6.77. The third-order valence-corrected chi connectivity index (χ3v) is 4.36. The minimum absolute atomic E-state index is 0.101. The fourth-order valence-electron chi connectivity index (χ4n) is 1.82. The van der Waals surface area contributed by atoms with E-state index in [1.54, 1.807) is 18.2 Å². The number of hydrogen-bond acceptors (Lipinski definition) is 2. The molecule has 1 unspecified atom stereocenters. The summed E-state index contributed by atoms with van der Waals surface area (Å²) in [6.45, 7) is 2.12. The number of benzene rings is 1. The normalized spacial score (nSPS) is 13.4. The second kappa shape index (κ2) is 8.27. The Morgan fingerprint density at radius 1 is 1.11 bits per heavy atom. The zero-order chi connectivity index (χ0) is 14.1. The molecule has 0 aliphatic carbocycles. The van der Waals surface area contributed by atoms with Crippen LogP contribution in [-0.4, -0.2) is 14.7 Å². The van der Waals surface area contributed by atoms with E-state index < -0.39 is 16.3 Å². The van der Waals surface area contributed by atoms with E-state index in [0.29, 0.717) is 6.42 Å². The average molecular weight is 287 g/mol. The predicted octanol–water partition coefficient (Wildman–Crippen LogP) is 3.62. The van der Waals surface area contributed by atoms with Crippen LogP contribution >= 0.6 is 0 Å². The van der Waals surface area contributed by atoms with Crippen LogP contribution in [0.15, 0.2) is 35.2 Å². The maximum Gasteiger partial charge on any atom is 0.242 e. The zero-order valence-electron chi connectivity index (χ0n) is 11.3. The second-order valence-electron chi connectivity index (χ2n) is 4.60. The van der Waals surface area contributed by atoms with Gasteiger partial charge in [-0.1, -0.05) is 50.8 Å². The number of rotatable bonds is 9. The average Bonchev–Trinajstić information content (AvgIpc) is 2.39. The van der Waals surface area contributed by atoms with E-state index in [-0.39, 0.29) is 11.3 Å². The molecule has 0 heterocycles. The van der Waals surface area contributed by atoms with Gasteiger partial charge in [-0.05, 0) is 25.0 Å². The van der Waals surface area contributed by atoms with Gasteiger partial charge in [0.05, 0.1) is 4.90 Å². The highest BCUT2D eigenvalue weighted by atomic mass is 32.2. The molecule has 0 saturated carbocycles. The summed E-state index contributed by atoms with van der Waals surface area (Å²) in [5.74, 6) is 0. The number of alkyl halides is 1. The molecule has 0 aromatic heterocycles. The van der Waals surface area contributed by atoms with Crippen molar-refractivity contribution in [1.29, 1.82) is 0 Å². The summed E-state index contributed by atoms with van der Waals surface area (Å²) in [7, 11) is -3.73. The lowest BCUT2D eigenvalue weighted by Gasteiger charge is -2.11. The monoisotopic (exact) mass is 287 g/mol. The third kappa shape index (κ3) is 6.16. The Morgan fingerprint density at radius 2 is 1.74 bits per heavy atom. The molecule has 0 fully saturated rings. The molecule has 1 atom stereocenters. The van der Waals surface area contributed by atoms with Crippen molar-refractivity contribution >= 4 is 10.0 Å². The number of unbranched alkanes of at least 4 members (excludes halogenated alkanes) is 4. The zero-order valence-corrected chi connectivity index (χ0v) is 12.1.